The molecule has 0 saturated heterocycles. The molecular weight excluding hydrogens is 172 g/mol. The third kappa shape index (κ3) is 1.22. The maximum atomic E-state index is 11.1. The number of hydrogen-bond acceptors (Lipinski definition) is 4. The van der Waals surface area contributed by atoms with Gasteiger partial charge in [0.05, 0.1) is 5.69 Å². The van der Waals surface area contributed by atoms with Crippen molar-refractivity contribution in [2.75, 3.05) is 0 Å². The van der Waals surface area contributed by atoms with Crippen LogP contribution >= 0.6 is 0 Å². The second-order valence-corrected chi connectivity index (χ2v) is 2.62. The molecule has 0 fully saturated rings. The molecule has 6 heteroatoms. The van der Waals surface area contributed by atoms with Gasteiger partial charge in [0.15, 0.2) is 11.2 Å². The van der Waals surface area contributed by atoms with Gasteiger partial charge in [0, 0.05) is 6.20 Å². The van der Waals surface area contributed by atoms with Crippen molar-refractivity contribution < 1.29 is 0 Å². The van der Waals surface area contributed by atoms with Gasteiger partial charge in [0.1, 0.15) is 0 Å². The highest BCUT2D eigenvalue weighted by Crippen LogP contribution is 1.96. The lowest BCUT2D eigenvalue weighted by molar-refractivity contribution is 1.03. The smallest absolute Gasteiger partial charge is 0.290 e. The quantitative estimate of drug-likeness (QED) is 0.558. The number of aryl methyl sites for hydroxylation is 1. The van der Waals surface area contributed by atoms with Gasteiger partial charge < -0.3 is 0 Å². The normalized spacial score (nSPS) is 10.5. The first-order chi connectivity index (χ1) is 6.16. The lowest BCUT2D eigenvalue weighted by Crippen LogP contribution is -2.23. The molecule has 0 spiro atoms. The molecule has 2 heterocycles. The van der Waals surface area contributed by atoms with Crippen LogP contribution in [0.15, 0.2) is 15.8 Å². The summed E-state index contributed by atoms with van der Waals surface area (Å²) >= 11 is 0. The summed E-state index contributed by atoms with van der Waals surface area (Å²) in [5.41, 5.74) is -0.0867. The number of H-pyrrole nitrogens is 2. The number of nitrogens with zero attached hydrogens (tertiary/aromatic N) is 2. The van der Waals surface area contributed by atoms with Crippen molar-refractivity contribution in [1.82, 2.24) is 19.9 Å². The second kappa shape index (κ2) is 2.51. The van der Waals surface area contributed by atoms with Crippen LogP contribution in [0.4, 0.5) is 0 Å². The van der Waals surface area contributed by atoms with Crippen LogP contribution in [0.3, 0.4) is 0 Å². The largest absolute Gasteiger partial charge is 0.327 e. The van der Waals surface area contributed by atoms with E-state index < -0.39 is 11.2 Å². The molecule has 0 aromatic carbocycles. The minimum absolute atomic E-state index is 0.144. The molecule has 0 atom stereocenters. The average molecular weight is 178 g/mol. The Hall–Kier alpha value is -1.98. The SMILES string of the molecule is Cc1cnc2c(=O)[nH]c(=O)[nH]c2n1. The fraction of sp³-hybridized carbons (Fsp3) is 0.143. The van der Waals surface area contributed by atoms with Gasteiger partial charge in [-0.1, -0.05) is 0 Å². The molecule has 2 aromatic rings. The zero-order valence-electron chi connectivity index (χ0n) is 6.79. The van der Waals surface area contributed by atoms with Crippen LogP contribution in [0.1, 0.15) is 5.69 Å². The number of hydrogen-bond donors (Lipinski definition) is 2. The Balaban J connectivity index is 3.03. The molecular formula is C7H6N4O2. The lowest BCUT2D eigenvalue weighted by Gasteiger charge is -1.94. The van der Waals surface area contributed by atoms with Crippen molar-refractivity contribution in [3.8, 4) is 0 Å². The van der Waals surface area contributed by atoms with Gasteiger partial charge in [-0.2, -0.15) is 0 Å². The molecule has 2 N–H and O–H groups in total. The molecule has 0 aliphatic rings. The molecule has 0 bridgehead atoms. The summed E-state index contributed by atoms with van der Waals surface area (Å²) in [6.07, 6.45) is 1.47. The minimum Gasteiger partial charge on any atom is -0.290 e. The fourth-order valence-corrected chi connectivity index (χ4v) is 1.03. The Morgan fingerprint density at radius 1 is 1.31 bits per heavy atom. The van der Waals surface area contributed by atoms with Crippen LogP contribution in [0, 0.1) is 6.92 Å². The molecule has 2 rings (SSSR count). The molecule has 0 amide bonds. The fourth-order valence-electron chi connectivity index (χ4n) is 1.03. The Bertz CT molecular complexity index is 568. The van der Waals surface area contributed by atoms with E-state index in [1.165, 1.54) is 6.20 Å². The van der Waals surface area contributed by atoms with E-state index in [0.717, 1.165) is 0 Å². The highest BCUT2D eigenvalue weighted by molar-refractivity contribution is 5.67. The Morgan fingerprint density at radius 2 is 2.08 bits per heavy atom. The van der Waals surface area contributed by atoms with Gasteiger partial charge in [-0.3, -0.25) is 14.8 Å². The minimum atomic E-state index is -0.572. The van der Waals surface area contributed by atoms with E-state index in [1.807, 2.05) is 0 Å². The third-order valence-corrected chi connectivity index (χ3v) is 1.57. The van der Waals surface area contributed by atoms with E-state index in [2.05, 4.69) is 19.9 Å². The molecule has 0 unspecified atom stereocenters. The number of aromatic nitrogens is 4. The molecule has 0 aliphatic heterocycles. The van der Waals surface area contributed by atoms with E-state index >= 15 is 0 Å². The van der Waals surface area contributed by atoms with Gasteiger partial charge in [0.25, 0.3) is 5.56 Å². The molecule has 0 radical (unpaired) electrons. The predicted molar refractivity (Wildman–Crippen MR) is 45.5 cm³/mol. The molecule has 0 aliphatic carbocycles. The average Bonchev–Trinajstić information content (AvgIpc) is 2.02. The Labute approximate surface area is 71.7 Å². The summed E-state index contributed by atoms with van der Waals surface area (Å²) in [6, 6.07) is 0. The second-order valence-electron chi connectivity index (χ2n) is 2.62. The first-order valence-corrected chi connectivity index (χ1v) is 3.63. The lowest BCUT2D eigenvalue weighted by atomic mass is 10.4. The summed E-state index contributed by atoms with van der Waals surface area (Å²) in [5, 5.41) is 0. The van der Waals surface area contributed by atoms with E-state index in [0.29, 0.717) is 5.69 Å². The van der Waals surface area contributed by atoms with Gasteiger partial charge >= 0.3 is 5.69 Å². The van der Waals surface area contributed by atoms with Gasteiger partial charge in [0.2, 0.25) is 0 Å². The number of fused-ring (bicyclic) bond motifs is 1. The Morgan fingerprint density at radius 3 is 2.85 bits per heavy atom. The molecule has 66 valence electrons. The molecule has 6 nitrogen and oxygen atoms in total. The van der Waals surface area contributed by atoms with Gasteiger partial charge in [-0.25, -0.2) is 14.8 Å². The molecule has 13 heavy (non-hydrogen) atoms. The topological polar surface area (TPSA) is 91.5 Å². The van der Waals surface area contributed by atoms with E-state index in [9.17, 15) is 9.59 Å². The summed E-state index contributed by atoms with van der Waals surface area (Å²) in [5.74, 6) is 0. The summed E-state index contributed by atoms with van der Waals surface area (Å²) in [7, 11) is 0. The van der Waals surface area contributed by atoms with Crippen molar-refractivity contribution in [1.29, 1.82) is 0 Å². The van der Waals surface area contributed by atoms with E-state index in [-0.39, 0.29) is 11.2 Å². The summed E-state index contributed by atoms with van der Waals surface area (Å²) < 4.78 is 0. The predicted octanol–water partition coefficient (Wildman–Crippen LogP) is -0.685. The zero-order chi connectivity index (χ0) is 9.42. The van der Waals surface area contributed by atoms with Crippen LogP contribution in [-0.2, 0) is 0 Å². The van der Waals surface area contributed by atoms with Crippen molar-refractivity contribution in [2.24, 2.45) is 0 Å². The first kappa shape index (κ1) is 7.66. The van der Waals surface area contributed by atoms with Crippen LogP contribution in [0.5, 0.6) is 0 Å². The van der Waals surface area contributed by atoms with Crippen molar-refractivity contribution in [3.05, 3.63) is 32.7 Å². The summed E-state index contributed by atoms with van der Waals surface area (Å²) in [6.45, 7) is 1.73. The van der Waals surface area contributed by atoms with Crippen LogP contribution in [-0.4, -0.2) is 19.9 Å². The molecule has 2 aromatic heterocycles. The number of nitrogens with one attached hydrogen (secondary N) is 2. The van der Waals surface area contributed by atoms with E-state index in [1.54, 1.807) is 6.92 Å². The number of aromatic amines is 2. The molecule has 0 saturated carbocycles. The van der Waals surface area contributed by atoms with Crippen molar-refractivity contribution >= 4 is 11.2 Å². The highest BCUT2D eigenvalue weighted by Gasteiger charge is 2.02. The number of rotatable bonds is 0. The standard InChI is InChI=1S/C7H6N4O2/c1-3-2-8-4-5(9-3)10-7(13)11-6(4)12/h2H,1H3,(H2,9,10,11,12,13). The highest BCUT2D eigenvalue weighted by atomic mass is 16.2. The van der Waals surface area contributed by atoms with Crippen LogP contribution < -0.4 is 11.2 Å². The monoisotopic (exact) mass is 178 g/mol. The zero-order valence-corrected chi connectivity index (χ0v) is 6.79. The van der Waals surface area contributed by atoms with E-state index in [4.69, 9.17) is 0 Å². The summed E-state index contributed by atoms with van der Waals surface area (Å²) in [4.78, 5) is 34.2. The van der Waals surface area contributed by atoms with Crippen LogP contribution in [0.25, 0.3) is 11.2 Å². The Kier molecular flexibility index (Phi) is 1.48. The first-order valence-electron chi connectivity index (χ1n) is 3.63. The van der Waals surface area contributed by atoms with Crippen molar-refractivity contribution in [3.63, 3.8) is 0 Å². The van der Waals surface area contributed by atoms with Gasteiger partial charge in [-0.05, 0) is 6.92 Å². The van der Waals surface area contributed by atoms with Crippen molar-refractivity contribution in [2.45, 2.75) is 6.92 Å². The third-order valence-electron chi connectivity index (χ3n) is 1.57. The van der Waals surface area contributed by atoms with Gasteiger partial charge in [-0.15, -0.1) is 0 Å². The maximum absolute atomic E-state index is 11.1. The van der Waals surface area contributed by atoms with Crippen LogP contribution in [0.2, 0.25) is 0 Å². The maximum Gasteiger partial charge on any atom is 0.327 e.